The summed E-state index contributed by atoms with van der Waals surface area (Å²) in [4.78, 5) is 42.7. The highest BCUT2D eigenvalue weighted by Gasteiger charge is 2.50. The predicted octanol–water partition coefficient (Wildman–Crippen LogP) is 4.80. The second kappa shape index (κ2) is 11.3. The molecule has 4 saturated carbocycles. The molecule has 2 atom stereocenters. The average molecular weight is 577 g/mol. The number of nitrogens with one attached hydrogen (secondary N) is 3. The van der Waals surface area contributed by atoms with Gasteiger partial charge in [-0.05, 0) is 98.4 Å². The number of fused-ring (bicyclic) bond motifs is 1. The molecule has 4 aliphatic rings. The molecule has 9 heteroatoms. The smallest absolute Gasteiger partial charge is 0.408 e. The first-order valence-corrected chi connectivity index (χ1v) is 14.9. The number of nitrogens with two attached hydrogens (primary N) is 1. The van der Waals surface area contributed by atoms with E-state index in [1.54, 1.807) is 6.92 Å². The van der Waals surface area contributed by atoms with E-state index < -0.39 is 36.0 Å². The zero-order chi connectivity index (χ0) is 31.2. The number of carbonyl (C=O) groups is 3. The molecule has 0 aliphatic heterocycles. The maximum absolute atomic E-state index is 14.1. The molecule has 1 aromatic heterocycles. The maximum Gasteiger partial charge on any atom is 0.408 e. The Labute approximate surface area is 248 Å². The number of amides is 2. The third-order valence-electron chi connectivity index (χ3n) is 9.55. The molecule has 4 aliphatic carbocycles. The fraction of sp³-hybridized carbons (Fsp3) is 0.485. The van der Waals surface area contributed by atoms with Crippen molar-refractivity contribution < 1.29 is 27.0 Å². The van der Waals surface area contributed by atoms with Gasteiger partial charge in [0, 0.05) is 35.2 Å². The van der Waals surface area contributed by atoms with Gasteiger partial charge in [-0.2, -0.15) is 0 Å². The number of aromatic amines is 1. The van der Waals surface area contributed by atoms with Crippen molar-refractivity contribution in [3.8, 4) is 0 Å². The SMILES string of the molecule is [3H]c1cc(C[C@@H](CC(=O)O)NC(=O)[C@@](C)(Cc2c[nH]c3ccccc23)NC(=O)OC2C3CC4CC(C3)CC2C4)cc([3H])c1N. The molecule has 2 aromatic carbocycles. The quantitative estimate of drug-likeness (QED) is 0.219. The van der Waals surface area contributed by atoms with Crippen LogP contribution >= 0.6 is 0 Å². The minimum absolute atomic E-state index is 0.0284. The minimum atomic E-state index is -1.48. The van der Waals surface area contributed by atoms with Crippen LogP contribution in [0.1, 0.15) is 59.3 Å². The van der Waals surface area contributed by atoms with E-state index in [4.69, 9.17) is 13.2 Å². The predicted molar refractivity (Wildman–Crippen MR) is 160 cm³/mol. The van der Waals surface area contributed by atoms with E-state index in [9.17, 15) is 19.5 Å². The van der Waals surface area contributed by atoms with Crippen LogP contribution in [0.25, 0.3) is 10.9 Å². The third-order valence-corrected chi connectivity index (χ3v) is 9.55. The Morgan fingerprint density at radius 3 is 2.43 bits per heavy atom. The number of aromatic nitrogens is 1. The van der Waals surface area contributed by atoms with Crippen molar-refractivity contribution in [1.29, 1.82) is 0 Å². The van der Waals surface area contributed by atoms with Crippen LogP contribution < -0.4 is 16.4 Å². The van der Waals surface area contributed by atoms with Gasteiger partial charge >= 0.3 is 12.1 Å². The van der Waals surface area contributed by atoms with Crippen LogP contribution in [-0.4, -0.2) is 45.7 Å². The van der Waals surface area contributed by atoms with Crippen LogP contribution in [-0.2, 0) is 27.2 Å². The van der Waals surface area contributed by atoms with Crippen molar-refractivity contribution in [2.24, 2.45) is 23.7 Å². The number of aliphatic carboxylic acids is 1. The molecule has 7 rings (SSSR count). The number of benzene rings is 2. The number of nitrogen functional groups attached to an aromatic ring is 1. The van der Waals surface area contributed by atoms with E-state index in [0.29, 0.717) is 17.4 Å². The Hall–Kier alpha value is -4.01. The molecule has 0 saturated heterocycles. The van der Waals surface area contributed by atoms with Crippen LogP contribution in [0.2, 0.25) is 0 Å². The summed E-state index contributed by atoms with van der Waals surface area (Å²) in [6.45, 7) is 1.63. The molecular formula is C33H40N4O5. The maximum atomic E-state index is 14.1. The minimum Gasteiger partial charge on any atom is -0.481 e. The lowest BCUT2D eigenvalue weighted by Gasteiger charge is -2.53. The lowest BCUT2D eigenvalue weighted by molar-refractivity contribution is -0.138. The highest BCUT2D eigenvalue weighted by molar-refractivity contribution is 5.92. The molecular weight excluding hydrogens is 532 g/mol. The van der Waals surface area contributed by atoms with Crippen molar-refractivity contribution >= 4 is 34.6 Å². The van der Waals surface area contributed by atoms with Crippen LogP contribution in [0, 0.1) is 23.7 Å². The standard InChI is InChI=1S/C33H40N4O5/c1-33(17-24-18-35-28-5-3-2-4-27(24)28,31(40)36-26(16-29(38)39)15-19-6-8-25(34)9-7-19)37-32(41)42-30-22-11-20-10-21(13-22)14-23(30)12-20/h2-9,18,20-23,26,30,35H,10-17,34H2,1H3,(H,36,40)(H,37,41)(H,38,39)/t20?,21?,22?,23?,26-,30?,33+/m0/s1/i8T,9T. The van der Waals surface area contributed by atoms with E-state index in [2.05, 4.69) is 15.6 Å². The van der Waals surface area contributed by atoms with E-state index in [1.807, 2.05) is 30.5 Å². The Kier molecular flexibility index (Phi) is 6.94. The van der Waals surface area contributed by atoms with Crippen LogP contribution in [0.15, 0.2) is 54.7 Å². The van der Waals surface area contributed by atoms with Gasteiger partial charge in [0.15, 0.2) is 0 Å². The number of ether oxygens (including phenoxy) is 1. The van der Waals surface area contributed by atoms with Gasteiger partial charge in [0.05, 0.1) is 9.16 Å². The number of carboxylic acids is 1. The third kappa shape index (κ3) is 5.96. The van der Waals surface area contributed by atoms with Crippen molar-refractivity contribution in [2.75, 3.05) is 5.73 Å². The second-order valence-electron chi connectivity index (χ2n) is 12.8. The van der Waals surface area contributed by atoms with Crippen LogP contribution in [0.5, 0.6) is 0 Å². The molecule has 0 radical (unpaired) electrons. The van der Waals surface area contributed by atoms with Crippen molar-refractivity contribution in [2.45, 2.75) is 76.0 Å². The van der Waals surface area contributed by atoms with Gasteiger partial charge in [0.25, 0.3) is 0 Å². The molecule has 1 heterocycles. The summed E-state index contributed by atoms with van der Waals surface area (Å²) >= 11 is 0. The fourth-order valence-corrected chi connectivity index (χ4v) is 7.84. The molecule has 2 amide bonds. The van der Waals surface area contributed by atoms with Gasteiger partial charge in [-0.1, -0.05) is 30.3 Å². The van der Waals surface area contributed by atoms with Gasteiger partial charge < -0.3 is 31.2 Å². The molecule has 0 spiro atoms. The summed E-state index contributed by atoms with van der Waals surface area (Å²) in [6, 6.07) is 9.69. The van der Waals surface area contributed by atoms with Gasteiger partial charge in [-0.25, -0.2) is 4.79 Å². The number of hydrogen-bond acceptors (Lipinski definition) is 5. The van der Waals surface area contributed by atoms with E-state index >= 15 is 0 Å². The number of rotatable bonds is 10. The number of hydrogen-bond donors (Lipinski definition) is 5. The summed E-state index contributed by atoms with van der Waals surface area (Å²) in [6.07, 6.45) is 6.44. The molecule has 6 N–H and O–H groups in total. The molecule has 4 fully saturated rings. The number of carbonyl (C=O) groups excluding carboxylic acids is 2. The zero-order valence-corrected chi connectivity index (χ0v) is 23.8. The lowest BCUT2D eigenvalue weighted by atomic mass is 9.55. The molecule has 4 bridgehead atoms. The highest BCUT2D eigenvalue weighted by Crippen LogP contribution is 2.54. The second-order valence-corrected chi connectivity index (χ2v) is 12.8. The first-order chi connectivity index (χ1) is 21.0. The molecule has 9 nitrogen and oxygen atoms in total. The summed E-state index contributed by atoms with van der Waals surface area (Å²) in [5.74, 6) is 0.494. The number of para-hydroxylation sites is 1. The summed E-state index contributed by atoms with van der Waals surface area (Å²) in [5, 5.41) is 16.3. The molecule has 0 unspecified atom stereocenters. The van der Waals surface area contributed by atoms with Crippen LogP contribution in [0.4, 0.5) is 10.5 Å². The average Bonchev–Trinajstić information content (AvgIpc) is 3.35. The zero-order valence-electron chi connectivity index (χ0n) is 25.8. The molecule has 222 valence electrons. The summed E-state index contributed by atoms with van der Waals surface area (Å²) in [7, 11) is 0. The first-order valence-electron chi connectivity index (χ1n) is 15.9. The number of anilines is 1. The van der Waals surface area contributed by atoms with E-state index in [0.717, 1.165) is 54.0 Å². The molecule has 3 aromatic rings. The Balaban J connectivity index is 1.24. The van der Waals surface area contributed by atoms with Crippen molar-refractivity contribution in [3.63, 3.8) is 0 Å². The monoisotopic (exact) mass is 576 g/mol. The Bertz CT molecular complexity index is 1540. The van der Waals surface area contributed by atoms with Crippen molar-refractivity contribution in [1.82, 2.24) is 15.6 Å². The Morgan fingerprint density at radius 2 is 1.76 bits per heavy atom. The van der Waals surface area contributed by atoms with Gasteiger partial charge in [-0.3, -0.25) is 9.59 Å². The van der Waals surface area contributed by atoms with E-state index in [-0.39, 0.29) is 36.7 Å². The fourth-order valence-electron chi connectivity index (χ4n) is 7.84. The normalized spacial score (nSPS) is 27.0. The highest BCUT2D eigenvalue weighted by atomic mass is 16.6. The van der Waals surface area contributed by atoms with Gasteiger partial charge in [0.2, 0.25) is 5.91 Å². The summed E-state index contributed by atoms with van der Waals surface area (Å²) in [5.41, 5.74) is 6.53. The molecule has 42 heavy (non-hydrogen) atoms. The first kappa shape index (κ1) is 25.7. The van der Waals surface area contributed by atoms with E-state index in [1.165, 1.54) is 18.6 Å². The topological polar surface area (TPSA) is 147 Å². The van der Waals surface area contributed by atoms with Gasteiger partial charge in [0.1, 0.15) is 11.6 Å². The summed E-state index contributed by atoms with van der Waals surface area (Å²) < 4.78 is 22.2. The largest absolute Gasteiger partial charge is 0.481 e. The van der Waals surface area contributed by atoms with Crippen LogP contribution in [0.3, 0.4) is 0 Å². The van der Waals surface area contributed by atoms with Gasteiger partial charge in [-0.15, -0.1) is 0 Å². The lowest BCUT2D eigenvalue weighted by Crippen LogP contribution is -2.61. The number of H-pyrrole nitrogens is 1. The van der Waals surface area contributed by atoms with Crippen molar-refractivity contribution in [3.05, 3.63) is 65.8 Å². The number of alkyl carbamates (subject to hydrolysis) is 1. The number of carboxylic acid groups (broad SMARTS) is 1. The Morgan fingerprint density at radius 1 is 1.10 bits per heavy atom.